The van der Waals surface area contributed by atoms with Crippen molar-refractivity contribution in [3.63, 3.8) is 0 Å². The van der Waals surface area contributed by atoms with Crippen LogP contribution in [0.1, 0.15) is 47.0 Å². The largest absolute Gasteiger partial charge is 0.472 e. The molecule has 31 heavy (non-hydrogen) atoms. The molecular formula is C21H20ClN5O4. The number of hydrogen-bond donors (Lipinski definition) is 1. The third-order valence-corrected chi connectivity index (χ3v) is 5.49. The molecule has 1 aliphatic heterocycles. The normalized spacial score (nSPS) is 18.2. The van der Waals surface area contributed by atoms with Crippen molar-refractivity contribution in [2.75, 3.05) is 13.2 Å². The number of nitrogens with zero attached hydrogens (tertiary/aromatic N) is 4. The van der Waals surface area contributed by atoms with Gasteiger partial charge in [-0.05, 0) is 37.5 Å². The van der Waals surface area contributed by atoms with Gasteiger partial charge in [0.15, 0.2) is 5.69 Å². The molecule has 0 aromatic carbocycles. The van der Waals surface area contributed by atoms with Crippen molar-refractivity contribution in [1.29, 1.82) is 0 Å². The molecule has 4 heterocycles. The highest BCUT2D eigenvalue weighted by molar-refractivity contribution is 6.29. The summed E-state index contributed by atoms with van der Waals surface area (Å²) in [6, 6.07) is 6.78. The lowest BCUT2D eigenvalue weighted by atomic mass is 10.1. The topological polar surface area (TPSA) is 112 Å². The summed E-state index contributed by atoms with van der Waals surface area (Å²) in [5.74, 6) is 1.22. The summed E-state index contributed by atoms with van der Waals surface area (Å²) < 4.78 is 16.7. The first kappa shape index (κ1) is 19.9. The van der Waals surface area contributed by atoms with Crippen LogP contribution in [0.3, 0.4) is 0 Å². The molecule has 3 aromatic heterocycles. The summed E-state index contributed by atoms with van der Waals surface area (Å²) in [5.41, 5.74) is 2.56. The van der Waals surface area contributed by atoms with Gasteiger partial charge in [0.05, 0.1) is 18.2 Å². The minimum absolute atomic E-state index is 0.0143. The Bertz CT molecular complexity index is 1060. The van der Waals surface area contributed by atoms with Crippen molar-refractivity contribution < 1.29 is 18.8 Å². The second kappa shape index (κ2) is 8.60. The van der Waals surface area contributed by atoms with Gasteiger partial charge < -0.3 is 19.3 Å². The lowest BCUT2D eigenvalue weighted by Crippen LogP contribution is -2.35. The molecule has 2 aliphatic rings. The molecule has 1 saturated carbocycles. The van der Waals surface area contributed by atoms with Crippen LogP contribution in [0.5, 0.6) is 5.88 Å². The van der Waals surface area contributed by atoms with E-state index in [2.05, 4.69) is 25.7 Å². The summed E-state index contributed by atoms with van der Waals surface area (Å²) in [6.07, 6.45) is 4.59. The fraction of sp³-hybridized carbons (Fsp3) is 0.381. The van der Waals surface area contributed by atoms with Crippen LogP contribution in [0, 0.1) is 0 Å². The molecule has 2 fully saturated rings. The van der Waals surface area contributed by atoms with Gasteiger partial charge in [-0.3, -0.25) is 4.79 Å². The zero-order valence-corrected chi connectivity index (χ0v) is 17.3. The Hall–Kier alpha value is -3.04. The summed E-state index contributed by atoms with van der Waals surface area (Å²) >= 11 is 5.90. The lowest BCUT2D eigenvalue weighted by molar-refractivity contribution is 0.0923. The van der Waals surface area contributed by atoms with Crippen LogP contribution < -0.4 is 10.1 Å². The fourth-order valence-corrected chi connectivity index (χ4v) is 3.55. The van der Waals surface area contributed by atoms with E-state index < -0.39 is 0 Å². The second-order valence-corrected chi connectivity index (χ2v) is 7.98. The monoisotopic (exact) mass is 441 g/mol. The molecule has 9 nitrogen and oxygen atoms in total. The SMILES string of the molecule is O=C(NC1CCOC1)c1ccc(OCc2c(-c3ccc(Cl)nc3)noc2C2CC2)nn1. The van der Waals surface area contributed by atoms with Gasteiger partial charge in [0.25, 0.3) is 5.91 Å². The van der Waals surface area contributed by atoms with Crippen molar-refractivity contribution in [2.45, 2.75) is 37.8 Å². The van der Waals surface area contributed by atoms with Crippen LogP contribution in [0.2, 0.25) is 5.15 Å². The van der Waals surface area contributed by atoms with Crippen LogP contribution >= 0.6 is 11.6 Å². The molecule has 1 aliphatic carbocycles. The Morgan fingerprint density at radius 3 is 2.77 bits per heavy atom. The highest BCUT2D eigenvalue weighted by Crippen LogP contribution is 2.44. The number of ether oxygens (including phenoxy) is 2. The van der Waals surface area contributed by atoms with Crippen LogP contribution in [-0.2, 0) is 11.3 Å². The van der Waals surface area contributed by atoms with Crippen molar-refractivity contribution in [3.8, 4) is 17.1 Å². The van der Waals surface area contributed by atoms with E-state index in [1.165, 1.54) is 0 Å². The van der Waals surface area contributed by atoms with E-state index in [1.807, 2.05) is 6.07 Å². The molecular weight excluding hydrogens is 422 g/mol. The molecule has 3 aromatic rings. The van der Waals surface area contributed by atoms with Gasteiger partial charge in [0, 0.05) is 30.4 Å². The van der Waals surface area contributed by atoms with Gasteiger partial charge in [-0.2, -0.15) is 0 Å². The van der Waals surface area contributed by atoms with Crippen LogP contribution in [0.15, 0.2) is 35.0 Å². The fourth-order valence-electron chi connectivity index (χ4n) is 3.44. The zero-order valence-electron chi connectivity index (χ0n) is 16.6. The molecule has 0 spiro atoms. The van der Waals surface area contributed by atoms with E-state index in [0.29, 0.717) is 35.9 Å². The maximum atomic E-state index is 12.3. The first-order valence-corrected chi connectivity index (χ1v) is 10.5. The Morgan fingerprint density at radius 2 is 2.10 bits per heavy atom. The number of rotatable bonds is 7. The Kier molecular flexibility index (Phi) is 5.52. The third-order valence-electron chi connectivity index (χ3n) is 5.27. The standard InChI is InChI=1S/C21H20ClN5O4/c22-17-5-3-13(9-23-17)19-15(20(31-27-19)12-1-2-12)11-30-18-6-4-16(25-26-18)21(28)24-14-7-8-29-10-14/h3-6,9,12,14H,1-2,7-8,10-11H2,(H,24,28). The minimum atomic E-state index is -0.276. The molecule has 160 valence electrons. The molecule has 1 saturated heterocycles. The Balaban J connectivity index is 1.29. The summed E-state index contributed by atoms with van der Waals surface area (Å²) in [7, 11) is 0. The highest BCUT2D eigenvalue weighted by Gasteiger charge is 2.33. The van der Waals surface area contributed by atoms with Gasteiger partial charge in [-0.1, -0.05) is 16.8 Å². The van der Waals surface area contributed by atoms with Crippen molar-refractivity contribution in [3.05, 3.63) is 52.6 Å². The Labute approximate surface area is 183 Å². The summed E-state index contributed by atoms with van der Waals surface area (Å²) in [6.45, 7) is 1.39. The highest BCUT2D eigenvalue weighted by atomic mass is 35.5. The van der Waals surface area contributed by atoms with Gasteiger partial charge >= 0.3 is 0 Å². The second-order valence-electron chi connectivity index (χ2n) is 7.60. The van der Waals surface area contributed by atoms with Gasteiger partial charge in [-0.15, -0.1) is 10.2 Å². The van der Waals surface area contributed by atoms with Crippen molar-refractivity contribution in [2.24, 2.45) is 0 Å². The smallest absolute Gasteiger partial charge is 0.272 e. The third kappa shape index (κ3) is 4.52. The van der Waals surface area contributed by atoms with Crippen LogP contribution in [0.25, 0.3) is 11.3 Å². The number of halogens is 1. The quantitative estimate of drug-likeness (QED) is 0.556. The Morgan fingerprint density at radius 1 is 1.19 bits per heavy atom. The molecule has 0 radical (unpaired) electrons. The predicted octanol–water partition coefficient (Wildman–Crippen LogP) is 3.16. The molecule has 10 heteroatoms. The molecule has 1 amide bonds. The maximum absolute atomic E-state index is 12.3. The van der Waals surface area contributed by atoms with E-state index >= 15 is 0 Å². The number of carbonyl (C=O) groups is 1. The zero-order chi connectivity index (χ0) is 21.2. The maximum Gasteiger partial charge on any atom is 0.272 e. The number of pyridine rings is 1. The van der Waals surface area contributed by atoms with Crippen molar-refractivity contribution in [1.82, 2.24) is 25.7 Å². The molecule has 1 unspecified atom stereocenters. The predicted molar refractivity (Wildman–Crippen MR) is 110 cm³/mol. The molecule has 1 N–H and O–H groups in total. The van der Waals surface area contributed by atoms with E-state index in [9.17, 15) is 4.79 Å². The number of aromatic nitrogens is 4. The van der Waals surface area contributed by atoms with Gasteiger partial charge in [-0.25, -0.2) is 4.98 Å². The van der Waals surface area contributed by atoms with Crippen molar-refractivity contribution >= 4 is 17.5 Å². The molecule has 5 rings (SSSR count). The number of amides is 1. The van der Waals surface area contributed by atoms with E-state index in [0.717, 1.165) is 36.1 Å². The summed E-state index contributed by atoms with van der Waals surface area (Å²) in [4.78, 5) is 16.4. The first-order valence-electron chi connectivity index (χ1n) is 10.1. The van der Waals surface area contributed by atoms with Gasteiger partial charge in [0.1, 0.15) is 23.2 Å². The van der Waals surface area contributed by atoms with Crippen LogP contribution in [-0.4, -0.2) is 45.5 Å². The van der Waals surface area contributed by atoms with Crippen LogP contribution in [0.4, 0.5) is 0 Å². The number of nitrogens with one attached hydrogen (secondary N) is 1. The van der Waals surface area contributed by atoms with E-state index in [4.69, 9.17) is 25.6 Å². The number of carbonyl (C=O) groups excluding carboxylic acids is 1. The van der Waals surface area contributed by atoms with E-state index in [1.54, 1.807) is 24.4 Å². The van der Waals surface area contributed by atoms with E-state index in [-0.39, 0.29) is 24.2 Å². The molecule has 0 bridgehead atoms. The van der Waals surface area contributed by atoms with Gasteiger partial charge in [0.2, 0.25) is 5.88 Å². The summed E-state index contributed by atoms with van der Waals surface area (Å²) in [5, 5.41) is 15.6. The average Bonchev–Trinajstić information content (AvgIpc) is 3.34. The molecule has 1 atom stereocenters. The number of hydrogen-bond acceptors (Lipinski definition) is 8. The minimum Gasteiger partial charge on any atom is -0.472 e. The lowest BCUT2D eigenvalue weighted by Gasteiger charge is -2.10. The first-order chi connectivity index (χ1) is 15.2. The average molecular weight is 442 g/mol.